The lowest BCUT2D eigenvalue weighted by molar-refractivity contribution is 0.0633. The van der Waals surface area contributed by atoms with Crippen LogP contribution in [0.3, 0.4) is 0 Å². The molecule has 1 aliphatic carbocycles. The normalized spacial score (nSPS) is 21.3. The number of hydrogen-bond donors (Lipinski definition) is 0. The molecule has 4 heterocycles. The molecule has 0 bridgehead atoms. The fourth-order valence-corrected chi connectivity index (χ4v) is 4.58. The zero-order valence-electron chi connectivity index (χ0n) is 16.2. The first-order chi connectivity index (χ1) is 13.6. The average Bonchev–Trinajstić information content (AvgIpc) is 3.32. The second kappa shape index (κ2) is 6.25. The molecule has 5 rings (SSSR count). The lowest BCUT2D eigenvalue weighted by Gasteiger charge is -2.40. The number of fused-ring (bicyclic) bond motifs is 3. The van der Waals surface area contributed by atoms with Gasteiger partial charge in [-0.15, -0.1) is 0 Å². The van der Waals surface area contributed by atoms with Crippen LogP contribution in [-0.4, -0.2) is 62.6 Å². The molecule has 2 aliphatic rings. The van der Waals surface area contributed by atoms with E-state index in [1.54, 1.807) is 10.7 Å². The van der Waals surface area contributed by atoms with Crippen molar-refractivity contribution in [2.75, 3.05) is 32.1 Å². The number of anilines is 1. The summed E-state index contributed by atoms with van der Waals surface area (Å²) in [7, 11) is 3.92. The van der Waals surface area contributed by atoms with Gasteiger partial charge in [0.05, 0.1) is 11.3 Å². The molecule has 1 spiro atoms. The number of hydrogen-bond acceptors (Lipinski definition) is 6. The van der Waals surface area contributed by atoms with Crippen molar-refractivity contribution in [2.45, 2.75) is 31.1 Å². The minimum atomic E-state index is -0.0612. The summed E-state index contributed by atoms with van der Waals surface area (Å²) >= 11 is 0. The SMILES string of the molecule is CN(C)c1ncc2c(n1)C1(CCCN(C(=O)c3ccc4ncnn4c3)C1)CC2. The highest BCUT2D eigenvalue weighted by atomic mass is 16.2. The standard InChI is InChI=1S/C20H23N7O/c1-25(2)19-21-10-14-6-8-20(17(14)24-19)7-3-9-26(12-20)18(28)15-4-5-16-22-13-23-27(16)11-15/h4-5,10-11,13H,3,6-9,12H2,1-2H3. The maximum atomic E-state index is 13.2. The summed E-state index contributed by atoms with van der Waals surface area (Å²) in [5.74, 6) is 0.784. The fourth-order valence-electron chi connectivity index (χ4n) is 4.58. The number of amides is 1. The van der Waals surface area contributed by atoms with Crippen LogP contribution in [0.5, 0.6) is 0 Å². The Morgan fingerprint density at radius 3 is 2.96 bits per heavy atom. The van der Waals surface area contributed by atoms with Crippen molar-refractivity contribution in [1.82, 2.24) is 29.5 Å². The molecule has 1 amide bonds. The molecule has 1 fully saturated rings. The molecule has 0 radical (unpaired) electrons. The van der Waals surface area contributed by atoms with Gasteiger partial charge in [0.15, 0.2) is 5.65 Å². The minimum Gasteiger partial charge on any atom is -0.347 e. The molecular formula is C20H23N7O. The van der Waals surface area contributed by atoms with Gasteiger partial charge in [-0.3, -0.25) is 4.79 Å². The number of piperidine rings is 1. The summed E-state index contributed by atoms with van der Waals surface area (Å²) in [6.45, 7) is 1.48. The molecule has 1 unspecified atom stereocenters. The van der Waals surface area contributed by atoms with Gasteiger partial charge in [-0.25, -0.2) is 19.5 Å². The van der Waals surface area contributed by atoms with Gasteiger partial charge in [-0.1, -0.05) is 0 Å². The molecule has 144 valence electrons. The number of rotatable bonds is 2. The van der Waals surface area contributed by atoms with Crippen LogP contribution < -0.4 is 4.90 Å². The maximum absolute atomic E-state index is 13.2. The summed E-state index contributed by atoms with van der Waals surface area (Å²) in [4.78, 5) is 30.6. The number of carbonyl (C=O) groups is 1. The van der Waals surface area contributed by atoms with E-state index in [9.17, 15) is 4.79 Å². The number of carbonyl (C=O) groups excluding carboxylic acids is 1. The van der Waals surface area contributed by atoms with Gasteiger partial charge in [0.1, 0.15) is 6.33 Å². The summed E-state index contributed by atoms with van der Waals surface area (Å²) in [5.41, 5.74) is 3.68. The Balaban J connectivity index is 1.46. The largest absolute Gasteiger partial charge is 0.347 e. The molecule has 28 heavy (non-hydrogen) atoms. The van der Waals surface area contributed by atoms with E-state index in [-0.39, 0.29) is 11.3 Å². The van der Waals surface area contributed by atoms with Crippen LogP contribution >= 0.6 is 0 Å². The lowest BCUT2D eigenvalue weighted by Crippen LogP contribution is -2.48. The highest BCUT2D eigenvalue weighted by Crippen LogP contribution is 2.44. The van der Waals surface area contributed by atoms with E-state index in [2.05, 4.69) is 15.1 Å². The van der Waals surface area contributed by atoms with Crippen LogP contribution in [0.15, 0.2) is 30.9 Å². The smallest absolute Gasteiger partial charge is 0.255 e. The number of aryl methyl sites for hydroxylation is 1. The van der Waals surface area contributed by atoms with Crippen LogP contribution in [0.1, 0.15) is 40.9 Å². The number of pyridine rings is 1. The van der Waals surface area contributed by atoms with Crippen LogP contribution in [0.2, 0.25) is 0 Å². The molecule has 3 aromatic heterocycles. The summed E-state index contributed by atoms with van der Waals surface area (Å²) < 4.78 is 1.65. The number of nitrogens with zero attached hydrogens (tertiary/aromatic N) is 7. The van der Waals surface area contributed by atoms with Crippen molar-refractivity contribution < 1.29 is 4.79 Å². The van der Waals surface area contributed by atoms with Crippen LogP contribution in [0.4, 0.5) is 5.95 Å². The molecular weight excluding hydrogens is 354 g/mol. The molecule has 1 saturated heterocycles. The highest BCUT2D eigenvalue weighted by Gasteiger charge is 2.45. The highest BCUT2D eigenvalue weighted by molar-refractivity contribution is 5.94. The topological polar surface area (TPSA) is 79.5 Å². The van der Waals surface area contributed by atoms with Crippen LogP contribution in [0, 0.1) is 0 Å². The van der Waals surface area contributed by atoms with Crippen molar-refractivity contribution in [3.63, 3.8) is 0 Å². The second-order valence-corrected chi connectivity index (χ2v) is 8.03. The molecule has 1 aliphatic heterocycles. The predicted molar refractivity (Wildman–Crippen MR) is 104 cm³/mol. The van der Waals surface area contributed by atoms with E-state index < -0.39 is 0 Å². The first-order valence-corrected chi connectivity index (χ1v) is 9.68. The van der Waals surface area contributed by atoms with E-state index in [0.717, 1.165) is 49.5 Å². The first kappa shape index (κ1) is 17.1. The minimum absolute atomic E-state index is 0.0480. The molecule has 3 aromatic rings. The van der Waals surface area contributed by atoms with Crippen molar-refractivity contribution in [3.8, 4) is 0 Å². The zero-order chi connectivity index (χ0) is 19.3. The predicted octanol–water partition coefficient (Wildman–Crippen LogP) is 1.71. The Hall–Kier alpha value is -3.03. The molecule has 1 atom stereocenters. The Bertz CT molecular complexity index is 1060. The third-order valence-corrected chi connectivity index (χ3v) is 6.01. The number of likely N-dealkylation sites (tertiary alicyclic amines) is 1. The quantitative estimate of drug-likeness (QED) is 0.676. The Morgan fingerprint density at radius 1 is 1.21 bits per heavy atom. The van der Waals surface area contributed by atoms with E-state index in [1.807, 2.05) is 42.2 Å². The summed E-state index contributed by atoms with van der Waals surface area (Å²) in [6, 6.07) is 3.67. The van der Waals surface area contributed by atoms with Crippen molar-refractivity contribution in [2.24, 2.45) is 0 Å². The Kier molecular flexibility index (Phi) is 3.82. The molecule has 0 aromatic carbocycles. The van der Waals surface area contributed by atoms with Gasteiger partial charge in [-0.2, -0.15) is 5.10 Å². The van der Waals surface area contributed by atoms with Crippen molar-refractivity contribution in [1.29, 1.82) is 0 Å². The zero-order valence-corrected chi connectivity index (χ0v) is 16.2. The van der Waals surface area contributed by atoms with Crippen molar-refractivity contribution in [3.05, 3.63) is 47.7 Å². The number of aromatic nitrogens is 5. The van der Waals surface area contributed by atoms with E-state index in [4.69, 9.17) is 4.98 Å². The van der Waals surface area contributed by atoms with Gasteiger partial charge in [0.2, 0.25) is 5.95 Å². The van der Waals surface area contributed by atoms with E-state index in [0.29, 0.717) is 12.1 Å². The van der Waals surface area contributed by atoms with Crippen LogP contribution in [-0.2, 0) is 11.8 Å². The Morgan fingerprint density at radius 2 is 2.11 bits per heavy atom. The Labute approximate surface area is 163 Å². The van der Waals surface area contributed by atoms with Gasteiger partial charge >= 0.3 is 0 Å². The molecule has 8 heteroatoms. The summed E-state index contributed by atoms with van der Waals surface area (Å²) in [6.07, 6.45) is 9.28. The van der Waals surface area contributed by atoms with Crippen LogP contribution in [0.25, 0.3) is 5.65 Å². The summed E-state index contributed by atoms with van der Waals surface area (Å²) in [5, 5.41) is 4.15. The third kappa shape index (κ3) is 2.63. The molecule has 0 N–H and O–H groups in total. The average molecular weight is 377 g/mol. The van der Waals surface area contributed by atoms with Gasteiger partial charge in [0, 0.05) is 45.0 Å². The van der Waals surface area contributed by atoms with Gasteiger partial charge < -0.3 is 9.80 Å². The lowest BCUT2D eigenvalue weighted by atomic mass is 9.77. The van der Waals surface area contributed by atoms with Crippen molar-refractivity contribution >= 4 is 17.5 Å². The van der Waals surface area contributed by atoms with Gasteiger partial charge in [0.25, 0.3) is 5.91 Å². The van der Waals surface area contributed by atoms with E-state index in [1.165, 1.54) is 11.9 Å². The molecule has 8 nitrogen and oxygen atoms in total. The van der Waals surface area contributed by atoms with Gasteiger partial charge in [-0.05, 0) is 43.4 Å². The monoisotopic (exact) mass is 377 g/mol. The maximum Gasteiger partial charge on any atom is 0.255 e. The second-order valence-electron chi connectivity index (χ2n) is 8.03. The van der Waals surface area contributed by atoms with E-state index >= 15 is 0 Å². The molecule has 0 saturated carbocycles. The first-order valence-electron chi connectivity index (χ1n) is 9.68. The third-order valence-electron chi connectivity index (χ3n) is 6.01. The fraction of sp³-hybridized carbons (Fsp3) is 0.450.